The van der Waals surface area contributed by atoms with Gasteiger partial charge in [0, 0.05) is 23.5 Å². The predicted octanol–water partition coefficient (Wildman–Crippen LogP) is 2.36. The number of β-amino-alcohol motifs (C(OH)–C–C–N with tert-alkyl or cyclic N) is 1. The van der Waals surface area contributed by atoms with Crippen LogP contribution in [0, 0.1) is 6.92 Å². The van der Waals surface area contributed by atoms with Gasteiger partial charge in [-0.1, -0.05) is 12.1 Å². The van der Waals surface area contributed by atoms with E-state index >= 15 is 0 Å². The summed E-state index contributed by atoms with van der Waals surface area (Å²) >= 11 is 1.32. The van der Waals surface area contributed by atoms with Crippen LogP contribution in [0.25, 0.3) is 10.2 Å². The molecule has 1 aromatic carbocycles. The van der Waals surface area contributed by atoms with Crippen LogP contribution in [0.15, 0.2) is 30.3 Å². The van der Waals surface area contributed by atoms with E-state index in [4.69, 9.17) is 10.5 Å². The minimum Gasteiger partial charge on any atom is -0.491 e. The maximum Gasteiger partial charge on any atom is 0.263 e. The molecular formula is C23H26N4O3S. The Morgan fingerprint density at radius 2 is 2.23 bits per heavy atom. The van der Waals surface area contributed by atoms with E-state index in [1.807, 2.05) is 25.1 Å². The molecule has 31 heavy (non-hydrogen) atoms. The van der Waals surface area contributed by atoms with Crippen molar-refractivity contribution in [3.8, 4) is 5.75 Å². The first-order valence-electron chi connectivity index (χ1n) is 10.6. The first kappa shape index (κ1) is 20.2. The number of amides is 1. The summed E-state index contributed by atoms with van der Waals surface area (Å²) in [7, 11) is 0. The summed E-state index contributed by atoms with van der Waals surface area (Å²) in [6, 6.07) is 9.86. The maximum absolute atomic E-state index is 12.9. The summed E-state index contributed by atoms with van der Waals surface area (Å²) in [6.45, 7) is 3.85. The quantitative estimate of drug-likeness (QED) is 0.500. The van der Waals surface area contributed by atoms with E-state index in [0.717, 1.165) is 45.8 Å². The van der Waals surface area contributed by atoms with Gasteiger partial charge in [-0.15, -0.1) is 11.3 Å². The summed E-state index contributed by atoms with van der Waals surface area (Å²) in [5, 5.41) is 17.4. The first-order valence-corrected chi connectivity index (χ1v) is 11.4. The lowest BCUT2D eigenvalue weighted by molar-refractivity contribution is 0.0919. The van der Waals surface area contributed by atoms with Crippen LogP contribution in [0.4, 0.5) is 5.69 Å². The van der Waals surface area contributed by atoms with E-state index in [-0.39, 0.29) is 24.0 Å². The number of piperidine rings is 1. The number of nitrogens with two attached hydrogens (primary N) is 1. The number of aryl methyl sites for hydroxylation is 1. The number of aliphatic hydroxyl groups is 1. The number of carbonyl (C=O) groups excluding carboxylic acids is 1. The van der Waals surface area contributed by atoms with E-state index in [1.165, 1.54) is 11.3 Å². The third-order valence-electron chi connectivity index (χ3n) is 6.15. The van der Waals surface area contributed by atoms with Crippen molar-refractivity contribution in [2.75, 3.05) is 25.4 Å². The highest BCUT2D eigenvalue weighted by Gasteiger charge is 2.28. The van der Waals surface area contributed by atoms with Crippen molar-refractivity contribution in [1.82, 2.24) is 15.6 Å². The number of aromatic nitrogens is 1. The number of thiophene rings is 1. The monoisotopic (exact) mass is 438 g/mol. The fraction of sp³-hybridized carbons (Fsp3) is 0.391. The van der Waals surface area contributed by atoms with Crippen molar-refractivity contribution in [3.05, 3.63) is 52.0 Å². The van der Waals surface area contributed by atoms with Crippen LogP contribution < -0.4 is 21.1 Å². The average Bonchev–Trinajstić information content (AvgIpc) is 3.09. The number of nitrogens with one attached hydrogen (secondary N) is 2. The standard InChI is InChI=1S/C23H26N4O3S/c1-12-2-5-17-20(24)21(31-23(17)26-12)22(29)27-15-8-14-4-3-13(9-19(14)30-11-15)16-6-7-25-10-18(16)28/h2-5,9,15-16,18,25,28H,6-8,10-11,24H2,1H3,(H,27,29)/t15-,16+,18-/m1/s1. The Labute approximate surface area is 184 Å². The molecule has 2 aromatic heterocycles. The summed E-state index contributed by atoms with van der Waals surface area (Å²) in [5.74, 6) is 0.778. The lowest BCUT2D eigenvalue weighted by Crippen LogP contribution is -2.42. The number of benzene rings is 1. The highest BCUT2D eigenvalue weighted by molar-refractivity contribution is 7.21. The Morgan fingerprint density at radius 3 is 3.06 bits per heavy atom. The smallest absolute Gasteiger partial charge is 0.263 e. The van der Waals surface area contributed by atoms with Crippen LogP contribution in [0.3, 0.4) is 0 Å². The van der Waals surface area contributed by atoms with Crippen molar-refractivity contribution < 1.29 is 14.6 Å². The Bertz CT molecular complexity index is 1150. The van der Waals surface area contributed by atoms with Crippen molar-refractivity contribution in [2.45, 2.75) is 37.8 Å². The minimum absolute atomic E-state index is 0.126. The molecule has 0 aliphatic carbocycles. The lowest BCUT2D eigenvalue weighted by atomic mass is 9.86. The number of hydrogen-bond acceptors (Lipinski definition) is 7. The van der Waals surface area contributed by atoms with Gasteiger partial charge in [0.05, 0.1) is 17.8 Å². The molecule has 2 aliphatic rings. The van der Waals surface area contributed by atoms with Crippen molar-refractivity contribution in [1.29, 1.82) is 0 Å². The predicted molar refractivity (Wildman–Crippen MR) is 122 cm³/mol. The molecule has 0 unspecified atom stereocenters. The summed E-state index contributed by atoms with van der Waals surface area (Å²) in [4.78, 5) is 18.7. The molecule has 3 atom stereocenters. The molecule has 5 rings (SSSR count). The largest absolute Gasteiger partial charge is 0.491 e. The number of hydrogen-bond donors (Lipinski definition) is 4. The maximum atomic E-state index is 12.9. The fourth-order valence-electron chi connectivity index (χ4n) is 4.45. The third-order valence-corrected chi connectivity index (χ3v) is 7.26. The molecule has 1 amide bonds. The molecule has 1 fully saturated rings. The Balaban J connectivity index is 1.30. The molecule has 8 heteroatoms. The molecule has 2 aliphatic heterocycles. The van der Waals surface area contributed by atoms with E-state index in [2.05, 4.69) is 27.8 Å². The van der Waals surface area contributed by atoms with Gasteiger partial charge in [-0.3, -0.25) is 4.79 Å². The number of carbonyl (C=O) groups is 1. The number of ether oxygens (including phenoxy) is 1. The normalized spacial score (nSPS) is 23.2. The average molecular weight is 439 g/mol. The van der Waals surface area contributed by atoms with Crippen LogP contribution in [-0.4, -0.2) is 47.8 Å². The zero-order valence-electron chi connectivity index (χ0n) is 17.4. The van der Waals surface area contributed by atoms with E-state index in [0.29, 0.717) is 30.1 Å². The van der Waals surface area contributed by atoms with Gasteiger partial charge in [0.2, 0.25) is 0 Å². The number of rotatable bonds is 3. The van der Waals surface area contributed by atoms with Crippen molar-refractivity contribution in [2.24, 2.45) is 0 Å². The highest BCUT2D eigenvalue weighted by atomic mass is 32.1. The third kappa shape index (κ3) is 3.86. The van der Waals surface area contributed by atoms with Gasteiger partial charge in [-0.05, 0) is 55.6 Å². The van der Waals surface area contributed by atoms with Gasteiger partial charge >= 0.3 is 0 Å². The molecule has 5 N–H and O–H groups in total. The van der Waals surface area contributed by atoms with Crippen LogP contribution in [0.5, 0.6) is 5.75 Å². The Kier molecular flexibility index (Phi) is 5.29. The SMILES string of the molecule is Cc1ccc2c(N)c(C(=O)N[C@H]3COc4cc([C@@H]5CCNC[C@H]5O)ccc4C3)sc2n1. The number of nitrogen functional groups attached to an aromatic ring is 1. The molecule has 0 bridgehead atoms. The Hall–Kier alpha value is -2.68. The molecule has 7 nitrogen and oxygen atoms in total. The van der Waals surface area contributed by atoms with E-state index < -0.39 is 0 Å². The molecule has 0 saturated carbocycles. The van der Waals surface area contributed by atoms with E-state index in [1.54, 1.807) is 0 Å². The van der Waals surface area contributed by atoms with Gasteiger partial charge in [0.15, 0.2) is 0 Å². The van der Waals surface area contributed by atoms with Gasteiger partial charge in [0.1, 0.15) is 22.1 Å². The first-order chi connectivity index (χ1) is 15.0. The fourth-order valence-corrected chi connectivity index (χ4v) is 5.49. The minimum atomic E-state index is -0.382. The molecule has 4 heterocycles. The van der Waals surface area contributed by atoms with Crippen LogP contribution in [-0.2, 0) is 6.42 Å². The van der Waals surface area contributed by atoms with Crippen LogP contribution in [0.1, 0.15) is 38.8 Å². The second kappa shape index (κ2) is 8.11. The van der Waals surface area contributed by atoms with Crippen molar-refractivity contribution >= 4 is 33.1 Å². The van der Waals surface area contributed by atoms with Gasteiger partial charge in [-0.25, -0.2) is 4.98 Å². The molecule has 3 aromatic rings. The highest BCUT2D eigenvalue weighted by Crippen LogP contribution is 2.34. The number of fused-ring (bicyclic) bond motifs is 2. The topological polar surface area (TPSA) is 110 Å². The van der Waals surface area contributed by atoms with Crippen molar-refractivity contribution in [3.63, 3.8) is 0 Å². The van der Waals surface area contributed by atoms with Crippen LogP contribution in [0.2, 0.25) is 0 Å². The number of pyridine rings is 1. The molecule has 0 radical (unpaired) electrons. The van der Waals surface area contributed by atoms with Gasteiger partial charge in [-0.2, -0.15) is 0 Å². The van der Waals surface area contributed by atoms with Crippen LogP contribution >= 0.6 is 11.3 Å². The zero-order chi connectivity index (χ0) is 21.5. The lowest BCUT2D eigenvalue weighted by Gasteiger charge is -2.31. The molecule has 1 saturated heterocycles. The molecular weight excluding hydrogens is 412 g/mol. The summed E-state index contributed by atoms with van der Waals surface area (Å²) in [5.41, 5.74) is 9.77. The van der Waals surface area contributed by atoms with Gasteiger partial charge in [0.25, 0.3) is 5.91 Å². The Morgan fingerprint density at radius 1 is 1.35 bits per heavy atom. The molecule has 162 valence electrons. The number of aliphatic hydroxyl groups excluding tert-OH is 1. The van der Waals surface area contributed by atoms with E-state index in [9.17, 15) is 9.90 Å². The second-order valence-corrected chi connectivity index (χ2v) is 9.37. The van der Waals surface area contributed by atoms with Gasteiger partial charge < -0.3 is 26.2 Å². The second-order valence-electron chi connectivity index (χ2n) is 8.37. The molecule has 0 spiro atoms. The zero-order valence-corrected chi connectivity index (χ0v) is 18.2. The summed E-state index contributed by atoms with van der Waals surface area (Å²) < 4.78 is 5.99. The number of nitrogens with zero attached hydrogens (tertiary/aromatic N) is 1. The summed E-state index contributed by atoms with van der Waals surface area (Å²) in [6.07, 6.45) is 1.22. The number of anilines is 1.